The Kier molecular flexibility index (Phi) is 3.70. The van der Waals surface area contributed by atoms with Crippen LogP contribution in [0.3, 0.4) is 0 Å². The van der Waals surface area contributed by atoms with Crippen molar-refractivity contribution in [3.05, 3.63) is 58.0 Å². The zero-order valence-electron chi connectivity index (χ0n) is 11.5. The number of aryl methyl sites for hydroxylation is 2. The molecule has 1 aromatic carbocycles. The van der Waals surface area contributed by atoms with Crippen molar-refractivity contribution in [1.29, 1.82) is 0 Å². The van der Waals surface area contributed by atoms with Crippen molar-refractivity contribution in [2.75, 3.05) is 0 Å². The predicted octanol–water partition coefficient (Wildman–Crippen LogP) is 5.33. The summed E-state index contributed by atoms with van der Waals surface area (Å²) in [6, 6.07) is 11.5. The van der Waals surface area contributed by atoms with Crippen molar-refractivity contribution in [3.63, 3.8) is 0 Å². The van der Waals surface area contributed by atoms with Crippen LogP contribution in [0.25, 0.3) is 22.7 Å². The molecule has 0 unspecified atom stereocenters. The molecule has 3 rings (SSSR count). The molecule has 2 heterocycles. The summed E-state index contributed by atoms with van der Waals surface area (Å²) >= 11 is 12.6. The third-order valence-electron chi connectivity index (χ3n) is 3.09. The molecule has 5 heteroatoms. The molecule has 0 spiro atoms. The van der Waals surface area contributed by atoms with Crippen LogP contribution < -0.4 is 0 Å². The monoisotopic (exact) mass is 318 g/mol. The van der Waals surface area contributed by atoms with Gasteiger partial charge in [-0.3, -0.25) is 0 Å². The first-order valence-electron chi connectivity index (χ1n) is 6.41. The minimum Gasteiger partial charge on any atom is -0.458 e. The van der Waals surface area contributed by atoms with Crippen molar-refractivity contribution < 1.29 is 4.42 Å². The molecule has 0 bridgehead atoms. The first-order chi connectivity index (χ1) is 10.0. The van der Waals surface area contributed by atoms with Gasteiger partial charge in [0.15, 0.2) is 11.6 Å². The molecule has 0 N–H and O–H groups in total. The fraction of sp³-hybridized carbons (Fsp3) is 0.125. The lowest BCUT2D eigenvalue weighted by Crippen LogP contribution is -1.94. The van der Waals surface area contributed by atoms with Gasteiger partial charge in [0, 0.05) is 0 Å². The standard InChI is InChI=1S/C16H12Cl2N2O/c1-9-4-3-5-11(8-9)13-14(17)19-16(20-15(13)18)12-7-6-10(2)21-12/h3-8H,1-2H3. The molecule has 3 aromatic rings. The maximum atomic E-state index is 6.30. The summed E-state index contributed by atoms with van der Waals surface area (Å²) in [5, 5.41) is 0.620. The van der Waals surface area contributed by atoms with Gasteiger partial charge in [0.1, 0.15) is 16.1 Å². The van der Waals surface area contributed by atoms with Crippen LogP contribution in [-0.4, -0.2) is 9.97 Å². The van der Waals surface area contributed by atoms with E-state index in [1.807, 2.05) is 44.2 Å². The fourth-order valence-corrected chi connectivity index (χ4v) is 2.72. The highest BCUT2D eigenvalue weighted by Crippen LogP contribution is 2.34. The average molecular weight is 319 g/mol. The van der Waals surface area contributed by atoms with Gasteiger partial charge in [-0.05, 0) is 31.5 Å². The Morgan fingerprint density at radius 3 is 2.24 bits per heavy atom. The molecular weight excluding hydrogens is 307 g/mol. The number of aromatic nitrogens is 2. The summed E-state index contributed by atoms with van der Waals surface area (Å²) in [4.78, 5) is 8.60. The van der Waals surface area contributed by atoms with Gasteiger partial charge in [0.05, 0.1) is 5.56 Å². The van der Waals surface area contributed by atoms with Gasteiger partial charge >= 0.3 is 0 Å². The second-order valence-corrected chi connectivity index (χ2v) is 5.50. The third-order valence-corrected chi connectivity index (χ3v) is 3.64. The average Bonchev–Trinajstić information content (AvgIpc) is 2.85. The van der Waals surface area contributed by atoms with E-state index >= 15 is 0 Å². The molecule has 106 valence electrons. The van der Waals surface area contributed by atoms with Crippen LogP contribution in [0.1, 0.15) is 11.3 Å². The number of hydrogen-bond acceptors (Lipinski definition) is 3. The van der Waals surface area contributed by atoms with E-state index in [2.05, 4.69) is 9.97 Å². The van der Waals surface area contributed by atoms with Gasteiger partial charge in [0.2, 0.25) is 0 Å². The van der Waals surface area contributed by atoms with E-state index < -0.39 is 0 Å². The molecule has 0 fully saturated rings. The van der Waals surface area contributed by atoms with E-state index in [-0.39, 0.29) is 0 Å². The van der Waals surface area contributed by atoms with Gasteiger partial charge in [-0.1, -0.05) is 53.0 Å². The topological polar surface area (TPSA) is 38.9 Å². The van der Waals surface area contributed by atoms with Crippen LogP contribution in [0.4, 0.5) is 0 Å². The van der Waals surface area contributed by atoms with Gasteiger partial charge < -0.3 is 4.42 Å². The predicted molar refractivity (Wildman–Crippen MR) is 84.7 cm³/mol. The SMILES string of the molecule is Cc1cccc(-c2c(Cl)nc(-c3ccc(C)o3)nc2Cl)c1. The Hall–Kier alpha value is -1.84. The van der Waals surface area contributed by atoms with Gasteiger partial charge in [-0.2, -0.15) is 0 Å². The largest absolute Gasteiger partial charge is 0.458 e. The Morgan fingerprint density at radius 1 is 0.952 bits per heavy atom. The summed E-state index contributed by atoms with van der Waals surface area (Å²) in [5.41, 5.74) is 2.65. The number of rotatable bonds is 2. The molecule has 0 saturated carbocycles. The van der Waals surface area contributed by atoms with E-state index in [9.17, 15) is 0 Å². The first kappa shape index (κ1) is 14.1. The molecule has 0 atom stereocenters. The molecule has 0 amide bonds. The molecule has 0 aliphatic rings. The minimum absolute atomic E-state index is 0.310. The van der Waals surface area contributed by atoms with E-state index in [0.29, 0.717) is 27.5 Å². The molecule has 0 saturated heterocycles. The molecule has 3 nitrogen and oxygen atoms in total. The molecular formula is C16H12Cl2N2O. The van der Waals surface area contributed by atoms with E-state index in [4.69, 9.17) is 27.6 Å². The summed E-state index contributed by atoms with van der Waals surface area (Å²) in [7, 11) is 0. The van der Waals surface area contributed by atoms with Gasteiger partial charge in [-0.25, -0.2) is 9.97 Å². The molecule has 2 aromatic heterocycles. The van der Waals surface area contributed by atoms with E-state index in [1.165, 1.54) is 0 Å². The Balaban J connectivity index is 2.12. The summed E-state index contributed by atoms with van der Waals surface area (Å²) in [6.45, 7) is 3.86. The van der Waals surface area contributed by atoms with Crippen LogP contribution in [-0.2, 0) is 0 Å². The second-order valence-electron chi connectivity index (χ2n) is 4.78. The quantitative estimate of drug-likeness (QED) is 0.599. The number of hydrogen-bond donors (Lipinski definition) is 0. The van der Waals surface area contributed by atoms with Crippen molar-refractivity contribution in [2.45, 2.75) is 13.8 Å². The Morgan fingerprint density at radius 2 is 1.67 bits per heavy atom. The van der Waals surface area contributed by atoms with Crippen LogP contribution in [0, 0.1) is 13.8 Å². The van der Waals surface area contributed by atoms with Crippen molar-refractivity contribution in [3.8, 4) is 22.7 Å². The normalized spacial score (nSPS) is 10.9. The zero-order valence-corrected chi connectivity index (χ0v) is 13.0. The lowest BCUT2D eigenvalue weighted by atomic mass is 10.1. The zero-order chi connectivity index (χ0) is 15.0. The molecule has 0 radical (unpaired) electrons. The summed E-state index contributed by atoms with van der Waals surface area (Å²) in [6.07, 6.45) is 0. The Bertz CT molecular complexity index is 789. The molecule has 21 heavy (non-hydrogen) atoms. The molecule has 0 aliphatic carbocycles. The highest BCUT2D eigenvalue weighted by atomic mass is 35.5. The van der Waals surface area contributed by atoms with E-state index in [0.717, 1.165) is 16.9 Å². The van der Waals surface area contributed by atoms with Crippen molar-refractivity contribution in [1.82, 2.24) is 9.97 Å². The van der Waals surface area contributed by atoms with Crippen LogP contribution in [0.2, 0.25) is 10.3 Å². The van der Waals surface area contributed by atoms with Crippen molar-refractivity contribution in [2.24, 2.45) is 0 Å². The first-order valence-corrected chi connectivity index (χ1v) is 7.17. The Labute approximate surface area is 132 Å². The van der Waals surface area contributed by atoms with E-state index in [1.54, 1.807) is 6.07 Å². The van der Waals surface area contributed by atoms with Crippen molar-refractivity contribution >= 4 is 23.2 Å². The molecule has 0 aliphatic heterocycles. The maximum absolute atomic E-state index is 6.30. The number of benzene rings is 1. The summed E-state index contributed by atoms with van der Waals surface area (Å²) in [5.74, 6) is 1.71. The fourth-order valence-electron chi connectivity index (χ4n) is 2.11. The lowest BCUT2D eigenvalue weighted by Gasteiger charge is -2.08. The highest BCUT2D eigenvalue weighted by Gasteiger charge is 2.16. The number of halogens is 2. The van der Waals surface area contributed by atoms with Crippen LogP contribution in [0.5, 0.6) is 0 Å². The van der Waals surface area contributed by atoms with Crippen LogP contribution >= 0.6 is 23.2 Å². The third kappa shape index (κ3) is 2.80. The maximum Gasteiger partial charge on any atom is 0.198 e. The minimum atomic E-state index is 0.310. The number of furan rings is 1. The van der Waals surface area contributed by atoms with Crippen LogP contribution in [0.15, 0.2) is 40.8 Å². The smallest absolute Gasteiger partial charge is 0.198 e. The highest BCUT2D eigenvalue weighted by molar-refractivity contribution is 6.37. The van der Waals surface area contributed by atoms with Gasteiger partial charge in [-0.15, -0.1) is 0 Å². The summed E-state index contributed by atoms with van der Waals surface area (Å²) < 4.78 is 5.50. The van der Waals surface area contributed by atoms with Gasteiger partial charge in [0.25, 0.3) is 0 Å². The number of nitrogens with zero attached hydrogens (tertiary/aromatic N) is 2. The lowest BCUT2D eigenvalue weighted by molar-refractivity contribution is 0.544. The second kappa shape index (κ2) is 5.51.